The summed E-state index contributed by atoms with van der Waals surface area (Å²) in [6, 6.07) is 3.82. The Morgan fingerprint density at radius 1 is 1.09 bits per heavy atom. The normalized spacial score (nSPS) is 22.3. The van der Waals surface area contributed by atoms with Crippen molar-refractivity contribution in [3.63, 3.8) is 0 Å². The Morgan fingerprint density at radius 3 is 2.45 bits per heavy atom. The number of ketones is 1. The first-order valence-corrected chi connectivity index (χ1v) is 8.24. The van der Waals surface area contributed by atoms with Crippen LogP contribution in [0.25, 0.3) is 0 Å². The second kappa shape index (κ2) is 6.69. The Labute approximate surface area is 132 Å². The monoisotopic (exact) mass is 303 g/mol. The molecule has 1 unspecified atom stereocenters. The van der Waals surface area contributed by atoms with Crippen molar-refractivity contribution in [2.45, 2.75) is 32.1 Å². The number of nitrogens with zero attached hydrogens (tertiary/aromatic N) is 1. The number of rotatable bonds is 4. The van der Waals surface area contributed by atoms with Gasteiger partial charge in [-0.25, -0.2) is 0 Å². The second-order valence-corrected chi connectivity index (χ2v) is 6.33. The first kappa shape index (κ1) is 15.3. The lowest BCUT2D eigenvalue weighted by Gasteiger charge is -2.32. The number of fused-ring (bicyclic) bond motifs is 1. The third-order valence-electron chi connectivity index (χ3n) is 4.94. The van der Waals surface area contributed by atoms with Crippen molar-refractivity contribution in [2.24, 2.45) is 5.92 Å². The zero-order valence-corrected chi connectivity index (χ0v) is 13.6. The van der Waals surface area contributed by atoms with Gasteiger partial charge >= 0.3 is 0 Å². The number of carbonyl (C=O) groups is 1. The molecular formula is C18H25NO3. The highest BCUT2D eigenvalue weighted by Crippen LogP contribution is 2.35. The predicted octanol–water partition coefficient (Wildman–Crippen LogP) is 2.93. The highest BCUT2D eigenvalue weighted by Gasteiger charge is 2.30. The molecular weight excluding hydrogens is 278 g/mol. The van der Waals surface area contributed by atoms with Crippen molar-refractivity contribution in [2.75, 3.05) is 33.9 Å². The van der Waals surface area contributed by atoms with Crippen LogP contribution in [0.15, 0.2) is 12.1 Å². The molecule has 0 saturated carbocycles. The summed E-state index contributed by atoms with van der Waals surface area (Å²) in [5, 5.41) is 0. The van der Waals surface area contributed by atoms with Crippen LogP contribution in [-0.2, 0) is 6.42 Å². The summed E-state index contributed by atoms with van der Waals surface area (Å²) in [5.74, 6) is 1.76. The van der Waals surface area contributed by atoms with Crippen LogP contribution in [-0.4, -0.2) is 44.5 Å². The van der Waals surface area contributed by atoms with Crippen molar-refractivity contribution in [1.82, 2.24) is 4.90 Å². The molecule has 0 N–H and O–H groups in total. The van der Waals surface area contributed by atoms with E-state index >= 15 is 0 Å². The molecule has 1 aliphatic heterocycles. The van der Waals surface area contributed by atoms with Gasteiger partial charge in [0.2, 0.25) is 0 Å². The van der Waals surface area contributed by atoms with Gasteiger partial charge in [0.1, 0.15) is 0 Å². The number of hydrogen-bond acceptors (Lipinski definition) is 4. The van der Waals surface area contributed by atoms with Gasteiger partial charge in [-0.15, -0.1) is 0 Å². The van der Waals surface area contributed by atoms with Gasteiger partial charge < -0.3 is 14.4 Å². The van der Waals surface area contributed by atoms with E-state index in [4.69, 9.17) is 9.47 Å². The summed E-state index contributed by atoms with van der Waals surface area (Å²) in [6.07, 6.45) is 5.75. The fourth-order valence-electron chi connectivity index (χ4n) is 3.67. The molecule has 4 heteroatoms. The van der Waals surface area contributed by atoms with Gasteiger partial charge in [-0.05, 0) is 56.5 Å². The molecule has 1 atom stereocenters. The maximum absolute atomic E-state index is 12.8. The zero-order chi connectivity index (χ0) is 15.5. The van der Waals surface area contributed by atoms with E-state index in [2.05, 4.69) is 4.90 Å². The molecule has 22 heavy (non-hydrogen) atoms. The SMILES string of the molecule is COc1cc2c(cc1OC)C(=O)C(CN1CCCCC1)CC2. The maximum atomic E-state index is 12.8. The zero-order valence-electron chi connectivity index (χ0n) is 13.6. The van der Waals surface area contributed by atoms with E-state index in [1.807, 2.05) is 12.1 Å². The van der Waals surface area contributed by atoms with E-state index in [0.29, 0.717) is 11.5 Å². The minimum Gasteiger partial charge on any atom is -0.493 e. The van der Waals surface area contributed by atoms with Crippen molar-refractivity contribution < 1.29 is 14.3 Å². The Morgan fingerprint density at radius 2 is 1.77 bits per heavy atom. The Kier molecular flexibility index (Phi) is 4.67. The number of Topliss-reactive ketones (excluding diaryl/α,β-unsaturated/α-hetero) is 1. The highest BCUT2D eigenvalue weighted by atomic mass is 16.5. The average molecular weight is 303 g/mol. The summed E-state index contributed by atoms with van der Waals surface area (Å²) < 4.78 is 10.7. The van der Waals surface area contributed by atoms with Crippen LogP contribution in [0.3, 0.4) is 0 Å². The summed E-state index contributed by atoms with van der Waals surface area (Å²) >= 11 is 0. The predicted molar refractivity (Wildman–Crippen MR) is 86.0 cm³/mol. The number of hydrogen-bond donors (Lipinski definition) is 0. The number of piperidine rings is 1. The van der Waals surface area contributed by atoms with E-state index in [1.165, 1.54) is 19.3 Å². The van der Waals surface area contributed by atoms with Gasteiger partial charge in [-0.1, -0.05) is 6.42 Å². The molecule has 0 bridgehead atoms. The molecule has 120 valence electrons. The van der Waals surface area contributed by atoms with E-state index in [1.54, 1.807) is 14.2 Å². The minimum absolute atomic E-state index is 0.128. The Hall–Kier alpha value is -1.55. The third-order valence-corrected chi connectivity index (χ3v) is 4.94. The summed E-state index contributed by atoms with van der Waals surface area (Å²) in [6.45, 7) is 3.19. The molecule has 3 rings (SSSR count). The van der Waals surface area contributed by atoms with E-state index in [9.17, 15) is 4.79 Å². The van der Waals surface area contributed by atoms with E-state index in [0.717, 1.165) is 43.6 Å². The molecule has 0 aromatic heterocycles. The van der Waals surface area contributed by atoms with Gasteiger partial charge in [0, 0.05) is 18.0 Å². The van der Waals surface area contributed by atoms with E-state index < -0.39 is 0 Å². The van der Waals surface area contributed by atoms with Crippen molar-refractivity contribution in [1.29, 1.82) is 0 Å². The van der Waals surface area contributed by atoms with Crippen LogP contribution in [0.1, 0.15) is 41.6 Å². The van der Waals surface area contributed by atoms with Crippen molar-refractivity contribution in [3.8, 4) is 11.5 Å². The smallest absolute Gasteiger partial charge is 0.167 e. The van der Waals surface area contributed by atoms with Crippen molar-refractivity contribution in [3.05, 3.63) is 23.3 Å². The Bertz CT molecular complexity index is 550. The highest BCUT2D eigenvalue weighted by molar-refractivity contribution is 6.01. The molecule has 1 aromatic carbocycles. The van der Waals surface area contributed by atoms with Crippen LogP contribution in [0.4, 0.5) is 0 Å². The number of carbonyl (C=O) groups excluding carboxylic acids is 1. The fraction of sp³-hybridized carbons (Fsp3) is 0.611. The van der Waals surface area contributed by atoms with Crippen LogP contribution in [0, 0.1) is 5.92 Å². The minimum atomic E-state index is 0.128. The number of ether oxygens (including phenoxy) is 2. The number of benzene rings is 1. The Balaban J connectivity index is 1.79. The molecule has 0 spiro atoms. The van der Waals surface area contributed by atoms with Crippen LogP contribution < -0.4 is 9.47 Å². The van der Waals surface area contributed by atoms with Gasteiger partial charge in [0.05, 0.1) is 14.2 Å². The molecule has 1 fully saturated rings. The number of likely N-dealkylation sites (tertiary alicyclic amines) is 1. The lowest BCUT2D eigenvalue weighted by Crippen LogP contribution is -2.38. The van der Waals surface area contributed by atoms with Gasteiger partial charge in [-0.2, -0.15) is 0 Å². The lowest BCUT2D eigenvalue weighted by molar-refractivity contribution is 0.0845. The van der Waals surface area contributed by atoms with Gasteiger partial charge in [0.15, 0.2) is 17.3 Å². The molecule has 1 aromatic rings. The average Bonchev–Trinajstić information content (AvgIpc) is 2.57. The van der Waals surface area contributed by atoms with E-state index in [-0.39, 0.29) is 11.7 Å². The van der Waals surface area contributed by atoms with Gasteiger partial charge in [0.25, 0.3) is 0 Å². The molecule has 4 nitrogen and oxygen atoms in total. The molecule has 0 amide bonds. The lowest BCUT2D eigenvalue weighted by atomic mass is 9.82. The second-order valence-electron chi connectivity index (χ2n) is 6.33. The van der Waals surface area contributed by atoms with Gasteiger partial charge in [-0.3, -0.25) is 4.79 Å². The molecule has 1 saturated heterocycles. The molecule has 1 aliphatic carbocycles. The van der Waals surface area contributed by atoms with Crippen LogP contribution >= 0.6 is 0 Å². The third kappa shape index (κ3) is 2.98. The number of aryl methyl sites for hydroxylation is 1. The molecule has 2 aliphatic rings. The summed E-state index contributed by atoms with van der Waals surface area (Å²) in [7, 11) is 3.25. The van der Waals surface area contributed by atoms with Crippen LogP contribution in [0.2, 0.25) is 0 Å². The molecule has 1 heterocycles. The first-order valence-electron chi connectivity index (χ1n) is 8.24. The topological polar surface area (TPSA) is 38.8 Å². The standard InChI is InChI=1S/C18H25NO3/c1-21-16-10-13-6-7-14(12-19-8-4-3-5-9-19)18(20)15(13)11-17(16)22-2/h10-11,14H,3-9,12H2,1-2H3. The van der Waals surface area contributed by atoms with Crippen LogP contribution in [0.5, 0.6) is 11.5 Å². The first-order chi connectivity index (χ1) is 10.7. The van der Waals surface area contributed by atoms with Crippen molar-refractivity contribution >= 4 is 5.78 Å². The number of methoxy groups -OCH3 is 2. The summed E-state index contributed by atoms with van der Waals surface area (Å²) in [4.78, 5) is 15.3. The molecule has 0 radical (unpaired) electrons. The fourth-order valence-corrected chi connectivity index (χ4v) is 3.67. The summed E-state index contributed by atoms with van der Waals surface area (Å²) in [5.41, 5.74) is 1.92. The largest absolute Gasteiger partial charge is 0.493 e. The maximum Gasteiger partial charge on any atom is 0.167 e. The quantitative estimate of drug-likeness (QED) is 0.857.